The van der Waals surface area contributed by atoms with Gasteiger partial charge in [-0.15, -0.1) is 12.4 Å². The van der Waals surface area contributed by atoms with Crippen LogP contribution in [0.1, 0.15) is 34.2 Å². The van der Waals surface area contributed by atoms with Crippen molar-refractivity contribution in [3.05, 3.63) is 52.8 Å². The highest BCUT2D eigenvalue weighted by Gasteiger charge is 2.31. The van der Waals surface area contributed by atoms with E-state index >= 15 is 0 Å². The number of carbonyl (C=O) groups is 1. The maximum atomic E-state index is 13.3. The minimum atomic E-state index is -3.81. The zero-order valence-electron chi connectivity index (χ0n) is 16.4. The number of carbonyl (C=O) groups excluding carboxylic acids is 1. The van der Waals surface area contributed by atoms with Crippen LogP contribution in [0.4, 0.5) is 0 Å². The number of hydrogen-bond donors (Lipinski definition) is 2. The largest absolute Gasteiger partial charge is 0.461 e. The predicted molar refractivity (Wildman–Crippen MR) is 111 cm³/mol. The predicted octanol–water partition coefficient (Wildman–Crippen LogP) is 2.42. The van der Waals surface area contributed by atoms with Crippen molar-refractivity contribution in [2.75, 3.05) is 26.2 Å². The molecule has 7 nitrogen and oxygen atoms in total. The van der Waals surface area contributed by atoms with Crippen LogP contribution >= 0.6 is 12.4 Å². The van der Waals surface area contributed by atoms with Gasteiger partial charge < -0.3 is 15.5 Å². The molecule has 0 fully saturated rings. The molecule has 9 heteroatoms. The number of ether oxygens (including phenoxy) is 1. The monoisotopic (exact) mass is 429 g/mol. The van der Waals surface area contributed by atoms with Gasteiger partial charge in [-0.25, -0.2) is 13.2 Å². The Morgan fingerprint density at radius 2 is 1.82 bits per heavy atom. The molecule has 0 saturated heterocycles. The van der Waals surface area contributed by atoms with Gasteiger partial charge in [0, 0.05) is 30.9 Å². The van der Waals surface area contributed by atoms with Crippen molar-refractivity contribution in [2.45, 2.75) is 32.1 Å². The fourth-order valence-electron chi connectivity index (χ4n) is 3.05. The molecule has 1 aromatic heterocycles. The van der Waals surface area contributed by atoms with Gasteiger partial charge in [-0.05, 0) is 32.8 Å². The number of nitrogens with two attached hydrogens (primary N) is 1. The number of esters is 1. The van der Waals surface area contributed by atoms with Crippen molar-refractivity contribution < 1.29 is 17.9 Å². The van der Waals surface area contributed by atoms with E-state index in [-0.39, 0.29) is 42.7 Å². The van der Waals surface area contributed by atoms with Crippen molar-refractivity contribution >= 4 is 28.4 Å². The van der Waals surface area contributed by atoms with Crippen LogP contribution in [0.3, 0.4) is 0 Å². The van der Waals surface area contributed by atoms with Gasteiger partial charge in [-0.2, -0.15) is 4.31 Å². The van der Waals surface area contributed by atoms with E-state index in [0.717, 1.165) is 5.56 Å². The molecule has 0 amide bonds. The SMILES string of the molecule is CCOC(=O)c1[nH]c(C)c(S(=O)(=O)N(CCN)CCc2ccccc2)c1C.Cl. The Labute approximate surface area is 172 Å². The van der Waals surface area contributed by atoms with Crippen LogP contribution < -0.4 is 5.73 Å². The quantitative estimate of drug-likeness (QED) is 0.595. The average Bonchev–Trinajstić information content (AvgIpc) is 2.94. The molecule has 0 aliphatic rings. The first-order valence-corrected chi connectivity index (χ1v) is 10.4. The molecule has 2 aromatic rings. The third-order valence-electron chi connectivity index (χ3n) is 4.32. The summed E-state index contributed by atoms with van der Waals surface area (Å²) < 4.78 is 32.9. The van der Waals surface area contributed by atoms with Gasteiger partial charge in [0.05, 0.1) is 6.61 Å². The molecule has 0 radical (unpaired) electrons. The number of aryl methyl sites for hydroxylation is 1. The summed E-state index contributed by atoms with van der Waals surface area (Å²) in [4.78, 5) is 15.1. The number of sulfonamides is 1. The highest BCUT2D eigenvalue weighted by molar-refractivity contribution is 7.89. The van der Waals surface area contributed by atoms with Gasteiger partial charge in [0.1, 0.15) is 10.6 Å². The molecule has 28 heavy (non-hydrogen) atoms. The maximum Gasteiger partial charge on any atom is 0.355 e. The van der Waals surface area contributed by atoms with Crippen LogP contribution in [-0.4, -0.2) is 49.9 Å². The third-order valence-corrected chi connectivity index (χ3v) is 6.49. The molecule has 0 bridgehead atoms. The average molecular weight is 430 g/mol. The van der Waals surface area contributed by atoms with E-state index in [0.29, 0.717) is 24.2 Å². The van der Waals surface area contributed by atoms with Gasteiger partial charge >= 0.3 is 5.97 Å². The standard InChI is InChI=1S/C19H27N3O4S.ClH/c1-4-26-19(23)17-14(2)18(15(3)21-17)27(24,25)22(13-11-20)12-10-16-8-6-5-7-9-16;/h5-9,21H,4,10-13,20H2,1-3H3;1H. The number of nitrogens with one attached hydrogen (secondary N) is 1. The lowest BCUT2D eigenvalue weighted by molar-refractivity contribution is 0.0519. The topological polar surface area (TPSA) is 105 Å². The second-order valence-electron chi connectivity index (χ2n) is 6.23. The van der Waals surface area contributed by atoms with Crippen LogP contribution in [0.5, 0.6) is 0 Å². The lowest BCUT2D eigenvalue weighted by atomic mass is 10.1. The zero-order chi connectivity index (χ0) is 20.0. The van der Waals surface area contributed by atoms with Crippen LogP contribution in [0.25, 0.3) is 0 Å². The first-order chi connectivity index (χ1) is 12.8. The molecule has 1 heterocycles. The fourth-order valence-corrected chi connectivity index (χ4v) is 4.91. The van der Waals surface area contributed by atoms with Crippen molar-refractivity contribution in [3.63, 3.8) is 0 Å². The molecule has 1 aromatic carbocycles. The smallest absolute Gasteiger partial charge is 0.355 e. The molecular weight excluding hydrogens is 402 g/mol. The molecule has 156 valence electrons. The zero-order valence-corrected chi connectivity index (χ0v) is 18.0. The van der Waals surface area contributed by atoms with Crippen LogP contribution in [0, 0.1) is 13.8 Å². The lowest BCUT2D eigenvalue weighted by Gasteiger charge is -2.22. The first kappa shape index (κ1) is 24.2. The van der Waals surface area contributed by atoms with E-state index in [1.807, 2.05) is 30.3 Å². The summed E-state index contributed by atoms with van der Waals surface area (Å²) >= 11 is 0. The number of halogens is 1. The highest BCUT2D eigenvalue weighted by Crippen LogP contribution is 2.27. The summed E-state index contributed by atoms with van der Waals surface area (Å²) in [7, 11) is -3.81. The number of H-pyrrole nitrogens is 1. The highest BCUT2D eigenvalue weighted by atomic mass is 35.5. The normalized spacial score (nSPS) is 11.3. The Hall–Kier alpha value is -1.87. The number of aromatic nitrogens is 1. The summed E-state index contributed by atoms with van der Waals surface area (Å²) in [6.45, 7) is 5.89. The molecular formula is C19H28ClN3O4S. The number of hydrogen-bond acceptors (Lipinski definition) is 5. The minimum absolute atomic E-state index is 0. The second kappa shape index (κ2) is 10.6. The van der Waals surface area contributed by atoms with E-state index in [2.05, 4.69) is 4.98 Å². The number of aromatic amines is 1. The van der Waals surface area contributed by atoms with Gasteiger partial charge in [0.25, 0.3) is 0 Å². The first-order valence-electron chi connectivity index (χ1n) is 8.93. The summed E-state index contributed by atoms with van der Waals surface area (Å²) in [6, 6.07) is 9.67. The van der Waals surface area contributed by atoms with Crippen molar-refractivity contribution in [3.8, 4) is 0 Å². The molecule has 2 rings (SSSR count). The molecule has 3 N–H and O–H groups in total. The molecule has 0 aliphatic carbocycles. The molecule has 0 atom stereocenters. The number of nitrogens with zero attached hydrogens (tertiary/aromatic N) is 1. The minimum Gasteiger partial charge on any atom is -0.461 e. The van der Waals surface area contributed by atoms with Crippen LogP contribution in [0.15, 0.2) is 35.2 Å². The van der Waals surface area contributed by atoms with E-state index in [1.54, 1.807) is 20.8 Å². The molecule has 0 saturated carbocycles. The van der Waals surface area contributed by atoms with Crippen molar-refractivity contribution in [2.24, 2.45) is 5.73 Å². The molecule has 0 spiro atoms. The van der Waals surface area contributed by atoms with Gasteiger partial charge in [-0.3, -0.25) is 0 Å². The Balaban J connectivity index is 0.00000392. The van der Waals surface area contributed by atoms with E-state index in [1.165, 1.54) is 4.31 Å². The number of rotatable bonds is 9. The maximum absolute atomic E-state index is 13.3. The van der Waals surface area contributed by atoms with E-state index in [4.69, 9.17) is 10.5 Å². The van der Waals surface area contributed by atoms with Gasteiger partial charge in [-0.1, -0.05) is 30.3 Å². The Morgan fingerprint density at radius 1 is 1.18 bits per heavy atom. The van der Waals surface area contributed by atoms with Crippen LogP contribution in [0.2, 0.25) is 0 Å². The Kier molecular flexibility index (Phi) is 9.16. The van der Waals surface area contributed by atoms with Crippen LogP contribution in [-0.2, 0) is 21.2 Å². The lowest BCUT2D eigenvalue weighted by Crippen LogP contribution is -2.37. The van der Waals surface area contributed by atoms with Crippen molar-refractivity contribution in [1.82, 2.24) is 9.29 Å². The third kappa shape index (κ3) is 5.35. The summed E-state index contributed by atoms with van der Waals surface area (Å²) in [5.41, 5.74) is 7.65. The summed E-state index contributed by atoms with van der Waals surface area (Å²) in [5.74, 6) is -0.561. The van der Waals surface area contributed by atoms with E-state index in [9.17, 15) is 13.2 Å². The summed E-state index contributed by atoms with van der Waals surface area (Å²) in [6.07, 6.45) is 0.577. The Morgan fingerprint density at radius 3 is 2.39 bits per heavy atom. The van der Waals surface area contributed by atoms with E-state index < -0.39 is 16.0 Å². The second-order valence-corrected chi connectivity index (χ2v) is 8.10. The van der Waals surface area contributed by atoms with Gasteiger partial charge in [0.2, 0.25) is 10.0 Å². The molecule has 0 unspecified atom stereocenters. The van der Waals surface area contributed by atoms with Gasteiger partial charge in [0.15, 0.2) is 0 Å². The number of benzene rings is 1. The molecule has 0 aliphatic heterocycles. The van der Waals surface area contributed by atoms with Crippen molar-refractivity contribution in [1.29, 1.82) is 0 Å². The Bertz CT molecular complexity index is 882. The summed E-state index contributed by atoms with van der Waals surface area (Å²) in [5, 5.41) is 0. The fraction of sp³-hybridized carbons (Fsp3) is 0.421.